The largest absolute Gasteiger partial charge is 0.343 e. The van der Waals surface area contributed by atoms with Crippen molar-refractivity contribution in [2.24, 2.45) is 0 Å². The summed E-state index contributed by atoms with van der Waals surface area (Å²) in [6.45, 7) is 3.74. The van der Waals surface area contributed by atoms with Gasteiger partial charge in [-0.2, -0.15) is 0 Å². The van der Waals surface area contributed by atoms with Gasteiger partial charge in [-0.3, -0.25) is 9.59 Å². The predicted octanol–water partition coefficient (Wildman–Crippen LogP) is 2.21. The molecule has 1 saturated heterocycles. The van der Waals surface area contributed by atoms with E-state index in [2.05, 4.69) is 21.2 Å². The van der Waals surface area contributed by atoms with E-state index in [0.717, 1.165) is 0 Å². The van der Waals surface area contributed by atoms with Gasteiger partial charge in [0.25, 0.3) is 0 Å². The lowest BCUT2D eigenvalue weighted by atomic mass is 10.0. The Labute approximate surface area is 125 Å². The molecule has 2 unspecified atom stereocenters. The fourth-order valence-corrected chi connectivity index (χ4v) is 2.79. The van der Waals surface area contributed by atoms with Crippen molar-refractivity contribution in [3.63, 3.8) is 0 Å². The van der Waals surface area contributed by atoms with Crippen LogP contribution in [0, 0.1) is 5.82 Å². The van der Waals surface area contributed by atoms with Crippen molar-refractivity contribution in [2.75, 3.05) is 0 Å². The van der Waals surface area contributed by atoms with Gasteiger partial charge < -0.3 is 10.2 Å². The van der Waals surface area contributed by atoms with Crippen LogP contribution in [-0.2, 0) is 16.1 Å². The van der Waals surface area contributed by atoms with E-state index in [4.69, 9.17) is 0 Å². The second kappa shape index (κ2) is 5.91. The standard InChI is InChI=1S/C14H16BrFN2O2/c1-3-12-14(20)18(8(2)13(19)17-12)7-9-4-10(15)6-11(16)5-9/h4-6,8,12H,3,7H2,1-2H3,(H,17,19). The Bertz CT molecular complexity index is 530. The molecule has 4 nitrogen and oxygen atoms in total. The van der Waals surface area contributed by atoms with Crippen LogP contribution < -0.4 is 5.32 Å². The van der Waals surface area contributed by atoms with Crippen LogP contribution in [0.1, 0.15) is 25.8 Å². The number of hydrogen-bond donors (Lipinski definition) is 1. The number of carbonyl (C=O) groups excluding carboxylic acids is 2. The highest BCUT2D eigenvalue weighted by Crippen LogP contribution is 2.20. The maximum absolute atomic E-state index is 13.4. The third-order valence-corrected chi connectivity index (χ3v) is 3.89. The maximum Gasteiger partial charge on any atom is 0.246 e. The minimum Gasteiger partial charge on any atom is -0.343 e. The van der Waals surface area contributed by atoms with Gasteiger partial charge in [0.05, 0.1) is 0 Å². The van der Waals surface area contributed by atoms with Crippen LogP contribution >= 0.6 is 15.9 Å². The van der Waals surface area contributed by atoms with Gasteiger partial charge >= 0.3 is 0 Å². The number of piperazine rings is 1. The average Bonchev–Trinajstić information content (AvgIpc) is 2.38. The molecule has 0 aliphatic carbocycles. The Balaban J connectivity index is 2.25. The van der Waals surface area contributed by atoms with E-state index in [0.29, 0.717) is 16.5 Å². The molecule has 0 saturated carbocycles. The summed E-state index contributed by atoms with van der Waals surface area (Å²) in [7, 11) is 0. The highest BCUT2D eigenvalue weighted by Gasteiger charge is 2.36. The molecule has 6 heteroatoms. The molecule has 2 rings (SSSR count). The first-order valence-corrected chi connectivity index (χ1v) is 7.27. The Morgan fingerprint density at radius 3 is 2.65 bits per heavy atom. The van der Waals surface area contributed by atoms with Gasteiger partial charge in [-0.1, -0.05) is 22.9 Å². The summed E-state index contributed by atoms with van der Waals surface area (Å²) in [5.74, 6) is -0.671. The third kappa shape index (κ3) is 3.00. The van der Waals surface area contributed by atoms with Crippen LogP contribution in [-0.4, -0.2) is 28.8 Å². The van der Waals surface area contributed by atoms with Gasteiger partial charge in [-0.25, -0.2) is 4.39 Å². The summed E-state index contributed by atoms with van der Waals surface area (Å²) in [5, 5.41) is 2.69. The van der Waals surface area contributed by atoms with Crippen molar-refractivity contribution in [2.45, 2.75) is 38.9 Å². The Kier molecular flexibility index (Phi) is 4.42. The molecule has 0 bridgehead atoms. The fraction of sp³-hybridized carbons (Fsp3) is 0.429. The monoisotopic (exact) mass is 342 g/mol. The van der Waals surface area contributed by atoms with Gasteiger partial charge in [-0.15, -0.1) is 0 Å². The number of benzene rings is 1. The Morgan fingerprint density at radius 1 is 1.35 bits per heavy atom. The highest BCUT2D eigenvalue weighted by atomic mass is 79.9. The maximum atomic E-state index is 13.4. The molecule has 20 heavy (non-hydrogen) atoms. The number of rotatable bonds is 3. The lowest BCUT2D eigenvalue weighted by Crippen LogP contribution is -2.61. The van der Waals surface area contributed by atoms with Gasteiger partial charge in [0.2, 0.25) is 11.8 Å². The van der Waals surface area contributed by atoms with Crippen LogP contribution in [0.5, 0.6) is 0 Å². The molecule has 0 radical (unpaired) electrons. The zero-order chi connectivity index (χ0) is 14.9. The summed E-state index contributed by atoms with van der Waals surface area (Å²) in [6.07, 6.45) is 0.542. The van der Waals surface area contributed by atoms with E-state index < -0.39 is 12.1 Å². The third-order valence-electron chi connectivity index (χ3n) is 3.43. The SMILES string of the molecule is CCC1NC(=O)C(C)N(Cc2cc(F)cc(Br)c2)C1=O. The Morgan fingerprint density at radius 2 is 2.05 bits per heavy atom. The van der Waals surface area contributed by atoms with Crippen LogP contribution in [0.4, 0.5) is 4.39 Å². The number of nitrogens with one attached hydrogen (secondary N) is 1. The molecule has 1 N–H and O–H groups in total. The second-order valence-corrected chi connectivity index (χ2v) is 5.80. The van der Waals surface area contributed by atoms with Gasteiger partial charge in [0.1, 0.15) is 17.9 Å². The molecule has 1 fully saturated rings. The van der Waals surface area contributed by atoms with E-state index in [1.165, 1.54) is 17.0 Å². The molecular formula is C14H16BrFN2O2. The molecule has 2 atom stereocenters. The first kappa shape index (κ1) is 15.0. The van der Waals surface area contributed by atoms with Crippen LogP contribution in [0.25, 0.3) is 0 Å². The summed E-state index contributed by atoms with van der Waals surface area (Å²) in [6, 6.07) is 3.43. The van der Waals surface area contributed by atoms with Crippen molar-refractivity contribution in [1.82, 2.24) is 10.2 Å². The second-order valence-electron chi connectivity index (χ2n) is 4.89. The van der Waals surface area contributed by atoms with E-state index in [-0.39, 0.29) is 24.2 Å². The van der Waals surface area contributed by atoms with Crippen LogP contribution in [0.3, 0.4) is 0 Å². The van der Waals surface area contributed by atoms with Gasteiger partial charge in [0, 0.05) is 11.0 Å². The summed E-state index contributed by atoms with van der Waals surface area (Å²) < 4.78 is 14.0. The predicted molar refractivity (Wildman–Crippen MR) is 76.3 cm³/mol. The van der Waals surface area contributed by atoms with E-state index in [1.807, 2.05) is 6.92 Å². The van der Waals surface area contributed by atoms with Crippen molar-refractivity contribution in [3.8, 4) is 0 Å². The smallest absolute Gasteiger partial charge is 0.246 e. The average molecular weight is 343 g/mol. The molecule has 1 aromatic carbocycles. The fourth-order valence-electron chi connectivity index (χ4n) is 2.28. The molecule has 0 spiro atoms. The molecular weight excluding hydrogens is 327 g/mol. The molecule has 1 aromatic rings. The van der Waals surface area contributed by atoms with Crippen molar-refractivity contribution in [3.05, 3.63) is 34.1 Å². The minimum absolute atomic E-state index is 0.125. The molecule has 108 valence electrons. The number of amides is 2. The van der Waals surface area contributed by atoms with Crippen molar-refractivity contribution >= 4 is 27.7 Å². The van der Waals surface area contributed by atoms with Gasteiger partial charge in [0.15, 0.2) is 0 Å². The molecule has 1 aliphatic rings. The van der Waals surface area contributed by atoms with Crippen molar-refractivity contribution < 1.29 is 14.0 Å². The zero-order valence-corrected chi connectivity index (χ0v) is 12.9. The first-order chi connectivity index (χ1) is 9.42. The molecule has 0 aromatic heterocycles. The lowest BCUT2D eigenvalue weighted by molar-refractivity contribution is -0.149. The molecule has 1 heterocycles. The Hall–Kier alpha value is -1.43. The summed E-state index contributed by atoms with van der Waals surface area (Å²) >= 11 is 3.22. The number of halogens is 2. The van der Waals surface area contributed by atoms with Gasteiger partial charge in [-0.05, 0) is 37.1 Å². The van der Waals surface area contributed by atoms with E-state index >= 15 is 0 Å². The molecule has 2 amide bonds. The summed E-state index contributed by atoms with van der Waals surface area (Å²) in [4.78, 5) is 25.6. The van der Waals surface area contributed by atoms with E-state index in [9.17, 15) is 14.0 Å². The quantitative estimate of drug-likeness (QED) is 0.915. The number of hydrogen-bond acceptors (Lipinski definition) is 2. The number of nitrogens with zero attached hydrogens (tertiary/aromatic N) is 1. The van der Waals surface area contributed by atoms with Crippen LogP contribution in [0.15, 0.2) is 22.7 Å². The first-order valence-electron chi connectivity index (χ1n) is 6.48. The van der Waals surface area contributed by atoms with Crippen molar-refractivity contribution in [1.29, 1.82) is 0 Å². The highest BCUT2D eigenvalue weighted by molar-refractivity contribution is 9.10. The topological polar surface area (TPSA) is 49.4 Å². The lowest BCUT2D eigenvalue weighted by Gasteiger charge is -2.37. The minimum atomic E-state index is -0.549. The zero-order valence-electron chi connectivity index (χ0n) is 11.3. The van der Waals surface area contributed by atoms with Crippen LogP contribution in [0.2, 0.25) is 0 Å². The number of carbonyl (C=O) groups is 2. The summed E-state index contributed by atoms with van der Waals surface area (Å²) in [5.41, 5.74) is 0.654. The normalized spacial score (nSPS) is 22.9. The molecule has 1 aliphatic heterocycles. The van der Waals surface area contributed by atoms with E-state index in [1.54, 1.807) is 13.0 Å².